The Bertz CT molecular complexity index is 1310. The maximum atomic E-state index is 13.6. The number of carbonyl (C=O) groups excluding carboxylic acids is 2. The predicted octanol–water partition coefficient (Wildman–Crippen LogP) is 7.60. The van der Waals surface area contributed by atoms with Gasteiger partial charge < -0.3 is 24.1 Å². The molecule has 0 saturated heterocycles. The van der Waals surface area contributed by atoms with Gasteiger partial charge in [-0.1, -0.05) is 30.3 Å². The Morgan fingerprint density at radius 3 is 1.85 bits per heavy atom. The van der Waals surface area contributed by atoms with Gasteiger partial charge in [-0.25, -0.2) is 9.59 Å². The smallest absolute Gasteiger partial charge is 0.416 e. The number of alkyl carbamates (subject to hydrolysis) is 1. The summed E-state index contributed by atoms with van der Waals surface area (Å²) in [5.41, 5.74) is -5.20. The molecule has 0 aliphatic carbocycles. The van der Waals surface area contributed by atoms with Crippen LogP contribution in [-0.4, -0.2) is 46.7 Å². The van der Waals surface area contributed by atoms with Gasteiger partial charge in [-0.05, 0) is 90.6 Å². The van der Waals surface area contributed by atoms with Gasteiger partial charge in [-0.3, -0.25) is 0 Å². The normalized spacial score (nSPS) is 16.1. The van der Waals surface area contributed by atoms with E-state index < -0.39 is 81.5 Å². The quantitative estimate of drug-likeness (QED) is 0.134. The van der Waals surface area contributed by atoms with Gasteiger partial charge in [0.2, 0.25) is 0 Å². The molecule has 0 fully saturated rings. The van der Waals surface area contributed by atoms with Crippen LogP contribution in [0.1, 0.15) is 89.7 Å². The predicted molar refractivity (Wildman–Crippen MR) is 164 cm³/mol. The van der Waals surface area contributed by atoms with E-state index in [2.05, 4.69) is 10.0 Å². The fourth-order valence-corrected chi connectivity index (χ4v) is 5.28. The van der Waals surface area contributed by atoms with Crippen molar-refractivity contribution < 1.29 is 54.7 Å². The molecule has 4 atom stereocenters. The van der Waals surface area contributed by atoms with E-state index in [1.807, 2.05) is 0 Å². The van der Waals surface area contributed by atoms with Crippen molar-refractivity contribution in [3.8, 4) is 0 Å². The molecule has 0 spiro atoms. The summed E-state index contributed by atoms with van der Waals surface area (Å²) >= 11 is -1.80. The van der Waals surface area contributed by atoms with Crippen LogP contribution >= 0.6 is 0 Å². The maximum absolute atomic E-state index is 13.6. The number of hydrogen-bond acceptors (Lipinski definition) is 7. The van der Waals surface area contributed by atoms with E-state index in [9.17, 15) is 40.5 Å². The van der Waals surface area contributed by atoms with E-state index >= 15 is 0 Å². The van der Waals surface area contributed by atoms with Gasteiger partial charge >= 0.3 is 24.4 Å². The molecule has 0 aliphatic rings. The van der Waals surface area contributed by atoms with Crippen molar-refractivity contribution in [2.75, 3.05) is 13.7 Å². The summed E-state index contributed by atoms with van der Waals surface area (Å²) in [6.07, 6.45) is -12.5. The standard InChI is InChI=1S/C32H42F6N2O6S/c1-20(21-16-23(31(33,34)35)18-24(17-21)32(36,37)38)45-19-30(22-12-10-9-11-13-22,40-47(43)29(5,6)7)15-14-25(26(41)44-8)39-27(42)46-28(2,3)4/h9-13,16-18,20,25,40H,14-15,19H2,1-8H3,(H,39,42)/t20-,25?,30-,47-/m1/s1. The first-order valence-corrected chi connectivity index (χ1v) is 15.8. The van der Waals surface area contributed by atoms with Crippen molar-refractivity contribution in [1.29, 1.82) is 0 Å². The van der Waals surface area contributed by atoms with Crippen LogP contribution in [0.5, 0.6) is 0 Å². The Morgan fingerprint density at radius 2 is 1.40 bits per heavy atom. The number of esters is 1. The van der Waals surface area contributed by atoms with Gasteiger partial charge in [0, 0.05) is 11.4 Å². The molecule has 2 aromatic rings. The molecular weight excluding hydrogens is 654 g/mol. The summed E-state index contributed by atoms with van der Waals surface area (Å²) in [6, 6.07) is 8.35. The van der Waals surface area contributed by atoms with Crippen LogP contribution < -0.4 is 10.0 Å². The number of methoxy groups -OCH3 is 1. The second-order valence-electron chi connectivity index (χ2n) is 13.0. The lowest BCUT2D eigenvalue weighted by Crippen LogP contribution is -2.55. The third kappa shape index (κ3) is 12.2. The highest BCUT2D eigenvalue weighted by atomic mass is 32.2. The summed E-state index contributed by atoms with van der Waals surface area (Å²) in [4.78, 5) is 25.3. The minimum absolute atomic E-state index is 0.0309. The van der Waals surface area contributed by atoms with Gasteiger partial charge in [0.1, 0.15) is 21.9 Å². The summed E-state index contributed by atoms with van der Waals surface area (Å²) in [5.74, 6) is -0.812. The summed E-state index contributed by atoms with van der Waals surface area (Å²) < 4.78 is 113. The van der Waals surface area contributed by atoms with Crippen LogP contribution in [-0.2, 0) is 48.3 Å². The van der Waals surface area contributed by atoms with E-state index in [1.165, 1.54) is 6.92 Å². The topological polar surface area (TPSA) is 109 Å². The summed E-state index contributed by atoms with van der Waals surface area (Å²) in [6.45, 7) is 10.9. The molecular formula is C32H42F6N2O6S. The molecule has 0 radical (unpaired) electrons. The Hall–Kier alpha value is -3.01. The highest BCUT2D eigenvalue weighted by Crippen LogP contribution is 2.39. The van der Waals surface area contributed by atoms with Crippen LogP contribution in [0, 0.1) is 0 Å². The number of hydrogen-bond donors (Lipinski definition) is 2. The van der Waals surface area contributed by atoms with Crippen LogP contribution in [0.25, 0.3) is 0 Å². The van der Waals surface area contributed by atoms with Crippen molar-refractivity contribution in [2.24, 2.45) is 0 Å². The summed E-state index contributed by atoms with van der Waals surface area (Å²) in [5, 5.41) is 2.47. The molecule has 2 rings (SSSR count). The molecule has 2 N–H and O–H groups in total. The van der Waals surface area contributed by atoms with Crippen molar-refractivity contribution in [3.05, 3.63) is 70.8 Å². The molecule has 264 valence electrons. The Balaban J connectivity index is 2.59. The van der Waals surface area contributed by atoms with Crippen LogP contribution in [0.2, 0.25) is 0 Å². The fourth-order valence-electron chi connectivity index (χ4n) is 4.34. The average molecular weight is 697 g/mol. The molecule has 0 aromatic heterocycles. The van der Waals surface area contributed by atoms with E-state index in [1.54, 1.807) is 71.9 Å². The second-order valence-corrected chi connectivity index (χ2v) is 15.0. The van der Waals surface area contributed by atoms with Crippen molar-refractivity contribution in [1.82, 2.24) is 10.0 Å². The molecule has 15 heteroatoms. The minimum atomic E-state index is -5.06. The number of rotatable bonds is 12. The van der Waals surface area contributed by atoms with Crippen LogP contribution in [0.15, 0.2) is 48.5 Å². The minimum Gasteiger partial charge on any atom is -0.598 e. The first kappa shape index (κ1) is 40.2. The Kier molecular flexibility index (Phi) is 13.2. The van der Waals surface area contributed by atoms with Crippen molar-refractivity contribution in [3.63, 3.8) is 0 Å². The van der Waals surface area contributed by atoms with E-state index in [-0.39, 0.29) is 24.5 Å². The van der Waals surface area contributed by atoms with Crippen molar-refractivity contribution >= 4 is 23.4 Å². The van der Waals surface area contributed by atoms with Crippen molar-refractivity contribution in [2.45, 2.75) is 102 Å². The lowest BCUT2D eigenvalue weighted by molar-refractivity contribution is -0.144. The van der Waals surface area contributed by atoms with E-state index in [0.29, 0.717) is 17.7 Å². The molecule has 2 aromatic carbocycles. The number of ether oxygens (including phenoxy) is 3. The lowest BCUT2D eigenvalue weighted by atomic mass is 9.85. The molecule has 1 unspecified atom stereocenters. The molecule has 8 nitrogen and oxygen atoms in total. The maximum Gasteiger partial charge on any atom is 0.416 e. The highest BCUT2D eigenvalue weighted by molar-refractivity contribution is 7.90. The Morgan fingerprint density at radius 1 is 0.872 bits per heavy atom. The van der Waals surface area contributed by atoms with E-state index in [4.69, 9.17) is 14.2 Å². The van der Waals surface area contributed by atoms with Crippen LogP contribution in [0.3, 0.4) is 0 Å². The summed E-state index contributed by atoms with van der Waals surface area (Å²) in [7, 11) is 1.12. The SMILES string of the molecule is COC(=O)C(CC[C@](CO[C@H](C)c1cc(C(F)(F)F)cc(C(F)(F)F)c1)(N[S@+]([O-])C(C)(C)C)c1ccccc1)NC(=O)OC(C)(C)C. The number of amides is 1. The monoisotopic (exact) mass is 696 g/mol. The first-order chi connectivity index (χ1) is 21.4. The number of benzene rings is 2. The fraction of sp³-hybridized carbons (Fsp3) is 0.562. The number of carbonyl (C=O) groups is 2. The number of halogens is 6. The van der Waals surface area contributed by atoms with Gasteiger partial charge in [-0.2, -0.15) is 26.3 Å². The molecule has 0 heterocycles. The van der Waals surface area contributed by atoms with E-state index in [0.717, 1.165) is 7.11 Å². The average Bonchev–Trinajstić information content (AvgIpc) is 2.95. The van der Waals surface area contributed by atoms with Gasteiger partial charge in [0.15, 0.2) is 0 Å². The second kappa shape index (κ2) is 15.5. The van der Waals surface area contributed by atoms with Crippen LogP contribution in [0.4, 0.5) is 31.1 Å². The molecule has 47 heavy (non-hydrogen) atoms. The third-order valence-corrected chi connectivity index (χ3v) is 8.55. The van der Waals surface area contributed by atoms with Gasteiger partial charge in [-0.15, -0.1) is 4.72 Å². The zero-order valence-electron chi connectivity index (χ0n) is 27.5. The van der Waals surface area contributed by atoms with Gasteiger partial charge in [0.25, 0.3) is 0 Å². The highest BCUT2D eigenvalue weighted by Gasteiger charge is 2.43. The third-order valence-electron chi connectivity index (χ3n) is 6.87. The Labute approximate surface area is 274 Å². The van der Waals surface area contributed by atoms with Gasteiger partial charge in [0.05, 0.1) is 30.9 Å². The largest absolute Gasteiger partial charge is 0.598 e. The zero-order valence-corrected chi connectivity index (χ0v) is 28.3. The molecule has 0 bridgehead atoms. The lowest BCUT2D eigenvalue weighted by Gasteiger charge is -2.39. The zero-order chi connectivity index (χ0) is 36.0. The molecule has 0 aliphatic heterocycles. The first-order valence-electron chi connectivity index (χ1n) is 14.6. The number of alkyl halides is 6. The molecule has 0 saturated carbocycles. The molecule has 1 amide bonds. The number of nitrogens with one attached hydrogen (secondary N) is 2.